The number of fused-ring (bicyclic) bond motifs is 2. The van der Waals surface area contributed by atoms with Crippen molar-refractivity contribution in [3.63, 3.8) is 0 Å². The highest BCUT2D eigenvalue weighted by molar-refractivity contribution is 6.23. The fourth-order valence-corrected chi connectivity index (χ4v) is 4.70. The Morgan fingerprint density at radius 3 is 2.32 bits per heavy atom. The first-order valence-corrected chi connectivity index (χ1v) is 11.5. The topological polar surface area (TPSA) is 134 Å². The Kier molecular flexibility index (Phi) is 7.01. The maximum atomic E-state index is 14.3. The molecule has 2 heterocycles. The molecule has 1 amide bonds. The SMILES string of the molecule is CCOC(=O)C1=C(C)OC(N)=C(C(=O)OC)[C@@]12C(=O)N(CC(=O)OCc1ccccc1)c1ccccc12. The predicted octanol–water partition coefficient (Wildman–Crippen LogP) is 2.23. The van der Waals surface area contributed by atoms with Crippen molar-refractivity contribution in [3.05, 3.63) is 88.5 Å². The second kappa shape index (κ2) is 10.2. The Labute approximate surface area is 213 Å². The van der Waals surface area contributed by atoms with Gasteiger partial charge in [0.1, 0.15) is 35.5 Å². The van der Waals surface area contributed by atoms with E-state index in [2.05, 4.69) is 0 Å². The van der Waals surface area contributed by atoms with Crippen LogP contribution < -0.4 is 10.6 Å². The minimum atomic E-state index is -2.05. The van der Waals surface area contributed by atoms with Crippen molar-refractivity contribution in [3.8, 4) is 0 Å². The van der Waals surface area contributed by atoms with E-state index in [1.54, 1.807) is 43.3 Å². The summed E-state index contributed by atoms with van der Waals surface area (Å²) in [7, 11) is 1.12. The average Bonchev–Trinajstić information content (AvgIpc) is 3.11. The van der Waals surface area contributed by atoms with Gasteiger partial charge in [0.15, 0.2) is 0 Å². The minimum absolute atomic E-state index is 0.00378. The summed E-state index contributed by atoms with van der Waals surface area (Å²) in [6.07, 6.45) is 0. The van der Waals surface area contributed by atoms with E-state index in [-0.39, 0.29) is 35.7 Å². The molecule has 192 valence electrons. The second-order valence-electron chi connectivity index (χ2n) is 8.29. The lowest BCUT2D eigenvalue weighted by molar-refractivity contribution is -0.144. The first kappa shape index (κ1) is 25.5. The quantitative estimate of drug-likeness (QED) is 0.443. The van der Waals surface area contributed by atoms with Crippen LogP contribution in [0.4, 0.5) is 5.69 Å². The van der Waals surface area contributed by atoms with Gasteiger partial charge in [-0.25, -0.2) is 9.59 Å². The number of rotatable bonds is 7. The summed E-state index contributed by atoms with van der Waals surface area (Å²) < 4.78 is 21.1. The van der Waals surface area contributed by atoms with E-state index in [4.69, 9.17) is 24.7 Å². The molecule has 0 saturated carbocycles. The van der Waals surface area contributed by atoms with Crippen LogP contribution >= 0.6 is 0 Å². The molecule has 4 rings (SSSR count). The Hall–Kier alpha value is -4.60. The number of nitrogens with two attached hydrogens (primary N) is 1. The molecule has 0 aromatic heterocycles. The van der Waals surface area contributed by atoms with Crippen molar-refractivity contribution in [2.45, 2.75) is 25.9 Å². The van der Waals surface area contributed by atoms with Crippen LogP contribution in [0.15, 0.2) is 77.4 Å². The largest absolute Gasteiger partial charge is 0.465 e. The number of hydrogen-bond acceptors (Lipinski definition) is 9. The molecule has 37 heavy (non-hydrogen) atoms. The molecule has 0 radical (unpaired) electrons. The van der Waals surface area contributed by atoms with Gasteiger partial charge < -0.3 is 24.7 Å². The minimum Gasteiger partial charge on any atom is -0.465 e. The number of para-hydroxylation sites is 1. The van der Waals surface area contributed by atoms with Crippen LogP contribution in [0.2, 0.25) is 0 Å². The molecule has 0 fully saturated rings. The van der Waals surface area contributed by atoms with Gasteiger partial charge in [0.25, 0.3) is 0 Å². The van der Waals surface area contributed by atoms with Gasteiger partial charge in [-0.1, -0.05) is 48.5 Å². The molecule has 0 saturated heterocycles. The number of carbonyl (C=O) groups is 4. The fraction of sp³-hybridized carbons (Fsp3) is 0.259. The van der Waals surface area contributed by atoms with E-state index < -0.39 is 41.7 Å². The van der Waals surface area contributed by atoms with Gasteiger partial charge in [0.2, 0.25) is 11.8 Å². The van der Waals surface area contributed by atoms with Gasteiger partial charge in [0, 0.05) is 11.3 Å². The van der Waals surface area contributed by atoms with E-state index in [0.717, 1.165) is 17.6 Å². The number of amides is 1. The van der Waals surface area contributed by atoms with E-state index in [1.165, 1.54) is 6.92 Å². The lowest BCUT2D eigenvalue weighted by atomic mass is 9.67. The molecule has 0 bridgehead atoms. The summed E-state index contributed by atoms with van der Waals surface area (Å²) in [4.78, 5) is 54.6. The molecule has 1 spiro atoms. The van der Waals surface area contributed by atoms with E-state index in [9.17, 15) is 19.2 Å². The molecule has 2 N–H and O–H groups in total. The molecule has 10 heteroatoms. The number of anilines is 1. The van der Waals surface area contributed by atoms with E-state index in [0.29, 0.717) is 5.69 Å². The molecule has 1 atom stereocenters. The number of ether oxygens (including phenoxy) is 4. The zero-order chi connectivity index (χ0) is 26.7. The number of nitrogens with zero attached hydrogens (tertiary/aromatic N) is 1. The van der Waals surface area contributed by atoms with Gasteiger partial charge in [-0.15, -0.1) is 0 Å². The lowest BCUT2D eigenvalue weighted by Gasteiger charge is -2.36. The van der Waals surface area contributed by atoms with Crippen molar-refractivity contribution in [1.29, 1.82) is 0 Å². The zero-order valence-corrected chi connectivity index (χ0v) is 20.6. The first-order chi connectivity index (χ1) is 17.8. The molecule has 0 aliphatic carbocycles. The molecule has 2 aromatic carbocycles. The maximum Gasteiger partial charge on any atom is 0.340 e. The molecular weight excluding hydrogens is 480 g/mol. The van der Waals surface area contributed by atoms with Crippen LogP contribution in [0.25, 0.3) is 0 Å². The third-order valence-electron chi connectivity index (χ3n) is 6.18. The van der Waals surface area contributed by atoms with Crippen molar-refractivity contribution in [2.24, 2.45) is 5.73 Å². The third-order valence-corrected chi connectivity index (χ3v) is 6.18. The Morgan fingerprint density at radius 2 is 1.65 bits per heavy atom. The number of benzene rings is 2. The summed E-state index contributed by atoms with van der Waals surface area (Å²) in [5.74, 6) is -3.70. The van der Waals surface area contributed by atoms with Gasteiger partial charge in [0.05, 0.1) is 13.7 Å². The van der Waals surface area contributed by atoms with Crippen LogP contribution in [0.1, 0.15) is 25.0 Å². The molecule has 2 aliphatic heterocycles. The monoisotopic (exact) mass is 506 g/mol. The Balaban J connectivity index is 1.83. The van der Waals surface area contributed by atoms with Crippen LogP contribution in [0, 0.1) is 0 Å². The molecule has 10 nitrogen and oxygen atoms in total. The molecule has 0 unspecified atom stereocenters. The summed E-state index contributed by atoms with van der Waals surface area (Å²) in [6.45, 7) is 2.59. The standard InChI is InChI=1S/C27H26N2O8/c1-4-35-25(32)21-16(2)37-23(28)22(24(31)34-3)27(21)18-12-8-9-13-19(18)29(26(27)33)14-20(30)36-15-17-10-6-5-7-11-17/h5-13H,4,14-15,28H2,1-3H3/t27-/m0/s1. The van der Waals surface area contributed by atoms with Crippen molar-refractivity contribution in [1.82, 2.24) is 0 Å². The van der Waals surface area contributed by atoms with Crippen molar-refractivity contribution >= 4 is 29.5 Å². The average molecular weight is 507 g/mol. The highest BCUT2D eigenvalue weighted by Gasteiger charge is 2.64. The maximum absolute atomic E-state index is 14.3. The summed E-state index contributed by atoms with van der Waals surface area (Å²) in [5, 5.41) is 0. The second-order valence-corrected chi connectivity index (χ2v) is 8.29. The van der Waals surface area contributed by atoms with Crippen LogP contribution in [-0.2, 0) is 50.1 Å². The summed E-state index contributed by atoms with van der Waals surface area (Å²) in [6, 6.07) is 15.6. The Bertz CT molecular complexity index is 1330. The number of carbonyl (C=O) groups excluding carboxylic acids is 4. The summed E-state index contributed by atoms with van der Waals surface area (Å²) >= 11 is 0. The number of esters is 3. The highest BCUT2D eigenvalue weighted by atomic mass is 16.5. The van der Waals surface area contributed by atoms with Gasteiger partial charge in [-0.05, 0) is 25.5 Å². The van der Waals surface area contributed by atoms with Gasteiger partial charge in [-0.3, -0.25) is 14.5 Å². The fourth-order valence-electron chi connectivity index (χ4n) is 4.70. The van der Waals surface area contributed by atoms with E-state index >= 15 is 0 Å². The number of methoxy groups -OCH3 is 1. The lowest BCUT2D eigenvalue weighted by Crippen LogP contribution is -2.51. The molecule has 2 aromatic rings. The van der Waals surface area contributed by atoms with Gasteiger partial charge >= 0.3 is 17.9 Å². The Morgan fingerprint density at radius 1 is 0.973 bits per heavy atom. The zero-order valence-electron chi connectivity index (χ0n) is 20.6. The molecule has 2 aliphatic rings. The van der Waals surface area contributed by atoms with Crippen molar-refractivity contribution < 1.29 is 38.1 Å². The van der Waals surface area contributed by atoms with Crippen LogP contribution in [0.3, 0.4) is 0 Å². The highest BCUT2D eigenvalue weighted by Crippen LogP contribution is 2.54. The normalized spacial score (nSPS) is 18.5. The van der Waals surface area contributed by atoms with Gasteiger partial charge in [-0.2, -0.15) is 0 Å². The van der Waals surface area contributed by atoms with Crippen molar-refractivity contribution in [2.75, 3.05) is 25.2 Å². The van der Waals surface area contributed by atoms with Crippen LogP contribution in [0.5, 0.6) is 0 Å². The number of hydrogen-bond donors (Lipinski definition) is 1. The number of allylic oxidation sites excluding steroid dienone is 1. The molecular formula is C27H26N2O8. The smallest absolute Gasteiger partial charge is 0.340 e. The first-order valence-electron chi connectivity index (χ1n) is 11.5. The predicted molar refractivity (Wildman–Crippen MR) is 130 cm³/mol. The third kappa shape index (κ3) is 4.20. The summed E-state index contributed by atoms with van der Waals surface area (Å²) in [5.41, 5.74) is 4.80. The van der Waals surface area contributed by atoms with E-state index in [1.807, 2.05) is 18.2 Å². The van der Waals surface area contributed by atoms with Crippen LogP contribution in [-0.4, -0.2) is 44.1 Å².